The summed E-state index contributed by atoms with van der Waals surface area (Å²) in [5.41, 5.74) is 1.32. The monoisotopic (exact) mass is 338 g/mol. The van der Waals surface area contributed by atoms with Crippen LogP contribution in [0.3, 0.4) is 0 Å². The Balaban J connectivity index is 1.98. The first kappa shape index (κ1) is 16.7. The first-order chi connectivity index (χ1) is 10.5. The lowest BCUT2D eigenvalue weighted by Crippen LogP contribution is -2.33. The number of aromatic nitrogens is 1. The molecule has 0 bridgehead atoms. The number of rotatable bonds is 5. The normalized spacial score (nSPS) is 12.0. The van der Waals surface area contributed by atoms with Gasteiger partial charge in [0.25, 0.3) is 5.91 Å². The highest BCUT2D eigenvalue weighted by atomic mass is 35.5. The summed E-state index contributed by atoms with van der Waals surface area (Å²) < 4.78 is 0. The van der Waals surface area contributed by atoms with Crippen LogP contribution < -0.4 is 0 Å². The molecule has 1 N–H and O–H groups in total. The van der Waals surface area contributed by atoms with Gasteiger partial charge in [-0.05, 0) is 29.8 Å². The van der Waals surface area contributed by atoms with Gasteiger partial charge in [0.2, 0.25) is 0 Å². The number of amides is 1. The molecule has 0 aliphatic carbocycles. The van der Waals surface area contributed by atoms with Crippen molar-refractivity contribution in [1.82, 2.24) is 9.88 Å². The van der Waals surface area contributed by atoms with Crippen LogP contribution in [0.4, 0.5) is 0 Å². The first-order valence-electron chi connectivity index (χ1n) is 6.77. The van der Waals surface area contributed by atoms with Gasteiger partial charge in [0.15, 0.2) is 6.10 Å². The van der Waals surface area contributed by atoms with Crippen LogP contribution in [-0.2, 0) is 11.2 Å². The largest absolute Gasteiger partial charge is 0.378 e. The maximum atomic E-state index is 12.2. The summed E-state index contributed by atoms with van der Waals surface area (Å²) in [6.45, 7) is 0.466. The highest BCUT2D eigenvalue weighted by Crippen LogP contribution is 2.26. The first-order valence-corrected chi connectivity index (χ1v) is 7.52. The van der Waals surface area contributed by atoms with E-state index in [1.165, 1.54) is 11.0 Å². The molecule has 0 saturated carbocycles. The molecule has 2 rings (SSSR count). The number of carbonyl (C=O) groups is 1. The predicted octanol–water partition coefficient (Wildman–Crippen LogP) is 3.12. The summed E-state index contributed by atoms with van der Waals surface area (Å²) in [6.07, 6.45) is 1.07. The Morgan fingerprint density at radius 2 is 2.05 bits per heavy atom. The fourth-order valence-corrected chi connectivity index (χ4v) is 2.28. The van der Waals surface area contributed by atoms with Crippen LogP contribution in [0.15, 0.2) is 42.6 Å². The molecule has 1 heterocycles. The number of nitrogens with zero attached hydrogens (tertiary/aromatic N) is 2. The van der Waals surface area contributed by atoms with E-state index < -0.39 is 12.0 Å². The summed E-state index contributed by atoms with van der Waals surface area (Å²) in [6, 6.07) is 10.3. The van der Waals surface area contributed by atoms with E-state index in [0.717, 1.165) is 5.69 Å². The minimum Gasteiger partial charge on any atom is -0.378 e. The van der Waals surface area contributed by atoms with Crippen LogP contribution in [0.2, 0.25) is 10.0 Å². The van der Waals surface area contributed by atoms with E-state index in [4.69, 9.17) is 23.2 Å². The topological polar surface area (TPSA) is 53.4 Å². The number of aliphatic hydroxyl groups is 1. The smallest absolute Gasteiger partial charge is 0.255 e. The van der Waals surface area contributed by atoms with Gasteiger partial charge < -0.3 is 10.0 Å². The lowest BCUT2D eigenvalue weighted by atomic mass is 10.1. The molecule has 1 amide bonds. The molecule has 0 fully saturated rings. The molecule has 4 nitrogen and oxygen atoms in total. The van der Waals surface area contributed by atoms with Crippen molar-refractivity contribution in [3.8, 4) is 0 Å². The highest BCUT2D eigenvalue weighted by molar-refractivity contribution is 6.42. The second-order valence-electron chi connectivity index (χ2n) is 4.91. The third kappa shape index (κ3) is 4.19. The van der Waals surface area contributed by atoms with Crippen molar-refractivity contribution >= 4 is 29.1 Å². The van der Waals surface area contributed by atoms with E-state index in [9.17, 15) is 9.90 Å². The molecule has 0 aliphatic heterocycles. The number of hydrogen-bond acceptors (Lipinski definition) is 3. The predicted molar refractivity (Wildman–Crippen MR) is 87.0 cm³/mol. The van der Waals surface area contributed by atoms with Crippen LogP contribution in [-0.4, -0.2) is 34.5 Å². The summed E-state index contributed by atoms with van der Waals surface area (Å²) >= 11 is 11.7. The van der Waals surface area contributed by atoms with Crippen LogP contribution in [0.5, 0.6) is 0 Å². The van der Waals surface area contributed by atoms with Gasteiger partial charge in [0.1, 0.15) is 0 Å². The van der Waals surface area contributed by atoms with Crippen molar-refractivity contribution in [2.24, 2.45) is 0 Å². The molecule has 0 spiro atoms. The van der Waals surface area contributed by atoms with Gasteiger partial charge in [0.05, 0.1) is 10.0 Å². The minimum absolute atomic E-state index is 0.308. The fraction of sp³-hybridized carbons (Fsp3) is 0.250. The standard InChI is InChI=1S/C16H16Cl2N2O2/c1-20(9-7-12-4-2-3-8-19-12)16(22)15(21)11-5-6-13(17)14(18)10-11/h2-6,8,10,15,21H,7,9H2,1H3. The average molecular weight is 339 g/mol. The lowest BCUT2D eigenvalue weighted by molar-refractivity contribution is -0.139. The molecule has 0 aliphatic rings. The van der Waals surface area contributed by atoms with Gasteiger partial charge in [-0.1, -0.05) is 35.3 Å². The van der Waals surface area contributed by atoms with Crippen molar-refractivity contribution in [2.45, 2.75) is 12.5 Å². The Morgan fingerprint density at radius 3 is 2.68 bits per heavy atom. The van der Waals surface area contributed by atoms with E-state index in [1.54, 1.807) is 25.4 Å². The van der Waals surface area contributed by atoms with Crippen molar-refractivity contribution in [2.75, 3.05) is 13.6 Å². The number of benzene rings is 1. The third-order valence-corrected chi connectivity index (χ3v) is 4.04. The fourth-order valence-electron chi connectivity index (χ4n) is 1.97. The Labute approximate surface area is 139 Å². The van der Waals surface area contributed by atoms with Gasteiger partial charge in [-0.15, -0.1) is 0 Å². The zero-order valence-corrected chi connectivity index (χ0v) is 13.6. The molecule has 22 heavy (non-hydrogen) atoms. The van der Waals surface area contributed by atoms with Crippen molar-refractivity contribution < 1.29 is 9.90 Å². The summed E-state index contributed by atoms with van der Waals surface area (Å²) in [7, 11) is 1.64. The van der Waals surface area contributed by atoms with Gasteiger partial charge in [-0.3, -0.25) is 9.78 Å². The highest BCUT2D eigenvalue weighted by Gasteiger charge is 2.21. The number of carbonyl (C=O) groups excluding carboxylic acids is 1. The molecule has 2 aromatic rings. The van der Waals surface area contributed by atoms with E-state index in [0.29, 0.717) is 28.6 Å². The second kappa shape index (κ2) is 7.58. The SMILES string of the molecule is CN(CCc1ccccn1)C(=O)C(O)c1ccc(Cl)c(Cl)c1. The van der Waals surface area contributed by atoms with Crippen LogP contribution in [0.1, 0.15) is 17.4 Å². The maximum absolute atomic E-state index is 12.2. The molecule has 1 aromatic heterocycles. The third-order valence-electron chi connectivity index (χ3n) is 3.30. The Kier molecular flexibility index (Phi) is 5.77. The van der Waals surface area contributed by atoms with E-state index in [2.05, 4.69) is 4.98 Å². The number of halogens is 2. The number of hydrogen-bond donors (Lipinski definition) is 1. The molecule has 1 aromatic carbocycles. The number of aliphatic hydroxyl groups excluding tert-OH is 1. The zero-order valence-electron chi connectivity index (χ0n) is 12.0. The van der Waals surface area contributed by atoms with Crippen LogP contribution >= 0.6 is 23.2 Å². The van der Waals surface area contributed by atoms with Crippen molar-refractivity contribution in [3.63, 3.8) is 0 Å². The second-order valence-corrected chi connectivity index (χ2v) is 5.72. The molecule has 0 saturated heterocycles. The average Bonchev–Trinajstić information content (AvgIpc) is 2.54. The molecular formula is C16H16Cl2N2O2. The van der Waals surface area contributed by atoms with Crippen LogP contribution in [0, 0.1) is 0 Å². The van der Waals surface area contributed by atoms with Crippen LogP contribution in [0.25, 0.3) is 0 Å². The van der Waals surface area contributed by atoms with Gasteiger partial charge in [-0.25, -0.2) is 0 Å². The van der Waals surface area contributed by atoms with Gasteiger partial charge in [0, 0.05) is 31.9 Å². The number of pyridine rings is 1. The molecule has 1 unspecified atom stereocenters. The van der Waals surface area contributed by atoms with Crippen molar-refractivity contribution in [1.29, 1.82) is 0 Å². The minimum atomic E-state index is -1.26. The van der Waals surface area contributed by atoms with E-state index in [-0.39, 0.29) is 0 Å². The molecule has 1 atom stereocenters. The Hall–Kier alpha value is -1.62. The Morgan fingerprint density at radius 1 is 1.27 bits per heavy atom. The molecular weight excluding hydrogens is 323 g/mol. The summed E-state index contributed by atoms with van der Waals surface area (Å²) in [5.74, 6) is -0.394. The van der Waals surface area contributed by atoms with Crippen molar-refractivity contribution in [3.05, 3.63) is 63.9 Å². The molecule has 6 heteroatoms. The molecule has 116 valence electrons. The Bertz CT molecular complexity index is 650. The number of likely N-dealkylation sites (N-methyl/N-ethyl adjacent to an activating group) is 1. The molecule has 0 radical (unpaired) electrons. The zero-order chi connectivity index (χ0) is 16.1. The van der Waals surface area contributed by atoms with E-state index >= 15 is 0 Å². The quantitative estimate of drug-likeness (QED) is 0.911. The maximum Gasteiger partial charge on any atom is 0.255 e. The van der Waals surface area contributed by atoms with Gasteiger partial charge in [-0.2, -0.15) is 0 Å². The van der Waals surface area contributed by atoms with E-state index in [1.807, 2.05) is 18.2 Å². The van der Waals surface area contributed by atoms with Gasteiger partial charge >= 0.3 is 0 Å². The summed E-state index contributed by atoms with van der Waals surface area (Å²) in [5, 5.41) is 10.9. The summed E-state index contributed by atoms with van der Waals surface area (Å²) in [4.78, 5) is 17.9. The lowest BCUT2D eigenvalue weighted by Gasteiger charge is -2.21.